The molecule has 1 aliphatic carbocycles. The Morgan fingerprint density at radius 1 is 0.603 bits per heavy atom. The highest BCUT2D eigenvalue weighted by molar-refractivity contribution is 7.47. The number of nitriles is 1. The van der Waals surface area contributed by atoms with Crippen LogP contribution in [0.5, 0.6) is 0 Å². The highest BCUT2D eigenvalue weighted by atomic mass is 31.2. The maximum Gasteiger partial charge on any atom is 0.349 e. The number of carboxylic acids is 1. The number of rotatable bonds is 32. The van der Waals surface area contributed by atoms with Gasteiger partial charge in [0.1, 0.15) is 18.8 Å². The summed E-state index contributed by atoms with van der Waals surface area (Å²) >= 11 is 0. The smallest absolute Gasteiger partial charge is 0.349 e. The van der Waals surface area contributed by atoms with Crippen molar-refractivity contribution in [2.75, 3.05) is 48.8 Å². The maximum atomic E-state index is 12.2. The molecule has 0 spiro atoms. The molecular formula is C93H151B3N22O16P2. The van der Waals surface area contributed by atoms with Gasteiger partial charge in [-0.3, -0.25) is 62.8 Å². The molecule has 6 aromatic heterocycles. The number of benzene rings is 1. The van der Waals surface area contributed by atoms with Crippen molar-refractivity contribution in [1.29, 1.82) is 5.26 Å². The summed E-state index contributed by atoms with van der Waals surface area (Å²) < 4.78 is 32.2. The van der Waals surface area contributed by atoms with Gasteiger partial charge in [-0.2, -0.15) is 15.2 Å². The van der Waals surface area contributed by atoms with Crippen molar-refractivity contribution in [3.8, 4) is 6.07 Å². The van der Waals surface area contributed by atoms with E-state index in [2.05, 4.69) is 186 Å². The highest BCUT2D eigenvalue weighted by Crippen LogP contribution is 2.51. The second kappa shape index (κ2) is 62.9. The van der Waals surface area contributed by atoms with Gasteiger partial charge < -0.3 is 63.3 Å². The van der Waals surface area contributed by atoms with Crippen LogP contribution in [0.25, 0.3) is 27.2 Å². The molecule has 5 amide bonds. The van der Waals surface area contributed by atoms with E-state index in [-0.39, 0.29) is 155 Å². The number of fused-ring (bicyclic) bond motifs is 2. The van der Waals surface area contributed by atoms with Gasteiger partial charge in [-0.05, 0) is 227 Å². The molecule has 38 nitrogen and oxygen atoms in total. The number of H-pyrrole nitrogens is 2. The molecule has 1 unspecified atom stereocenters. The van der Waals surface area contributed by atoms with Crippen LogP contribution in [0.2, 0.25) is 19.0 Å². The summed E-state index contributed by atoms with van der Waals surface area (Å²) in [5.41, 5.74) is 1.82. The SMILES string of the molecule is CC(=O)Nc1ccn(C(C)C)c(=O)n1.CC(C)C(=O)Nc1nc2c(ncn2C(C)C)c(=O)[nH]1.CC(C)N(C(C)C)P(OCCC#N)N(C(C)C)C(C)C.CC(C)n1cnc2c(NC(=O)c3ccccc3)ncnc21.CC[C@H]1CC[C@H](O)C1.Cc1cn(C(C)C)c(=O)[nH]c1=O.[B]CC(=O)N1C[C@H](O)C[C@H]1CC.[B]CC(=O)N1C[C@H](OP(OCC[N+]#[C-])N(C(C)C)C(C)C)C[C@H]1CC.[B]CC(=O)O. The van der Waals surface area contributed by atoms with E-state index in [1.165, 1.54) is 35.2 Å². The van der Waals surface area contributed by atoms with E-state index in [9.17, 15) is 53.1 Å². The Kier molecular flexibility index (Phi) is 56.6. The van der Waals surface area contributed by atoms with Gasteiger partial charge in [0, 0.05) is 128 Å². The van der Waals surface area contributed by atoms with Crippen molar-refractivity contribution in [1.82, 2.24) is 82.0 Å². The van der Waals surface area contributed by atoms with Crippen LogP contribution in [0.3, 0.4) is 0 Å². The normalized spacial score (nSPS) is 16.3. The quantitative estimate of drug-likeness (QED) is 0.00840. The minimum atomic E-state index is -1.27. The third kappa shape index (κ3) is 41.1. The number of aromatic amines is 2. The monoisotopic (exact) mass is 1930 g/mol. The number of β-amino-alcohol motifs (C(OH)–C–C–N with tert-alkyl or cyclic N) is 1. The Morgan fingerprint density at radius 2 is 1.12 bits per heavy atom. The van der Waals surface area contributed by atoms with Crippen LogP contribution in [0.15, 0.2) is 87.0 Å². The summed E-state index contributed by atoms with van der Waals surface area (Å²) in [6.07, 6.45) is 15.6. The fourth-order valence-corrected chi connectivity index (χ4v) is 18.5. The molecule has 2 saturated heterocycles. The van der Waals surface area contributed by atoms with Crippen LogP contribution in [0.1, 0.15) is 278 Å². The number of nitrogens with zero attached hydrogens (tertiary/aromatic N) is 17. The molecule has 43 heteroatoms. The number of aliphatic carboxylic acids is 1. The Morgan fingerprint density at radius 3 is 1.57 bits per heavy atom. The Labute approximate surface area is 809 Å². The molecule has 748 valence electrons. The van der Waals surface area contributed by atoms with E-state index in [0.29, 0.717) is 109 Å². The van der Waals surface area contributed by atoms with Crippen molar-refractivity contribution in [3.63, 3.8) is 0 Å². The number of carboxylic acid groups (broad SMARTS) is 1. The molecule has 6 radical (unpaired) electrons. The lowest BCUT2D eigenvalue weighted by Crippen LogP contribution is -2.43. The second-order valence-corrected chi connectivity index (χ2v) is 38.8. The molecule has 8 heterocycles. The molecule has 1 aromatic carbocycles. The molecule has 2 aliphatic heterocycles. The fraction of sp³-hybridized carbons (Fsp3) is 0.656. The number of nitrogens with one attached hydrogen (secondary N) is 5. The average molecular weight is 1930 g/mol. The van der Waals surface area contributed by atoms with Gasteiger partial charge in [-0.15, -0.1) is 0 Å². The number of aromatic nitrogens is 12. The number of carbonyl (C=O) groups excluding carboxylic acids is 5. The zero-order valence-corrected chi connectivity index (χ0v) is 86.9. The van der Waals surface area contributed by atoms with Crippen LogP contribution in [-0.2, 0) is 37.5 Å². The Bertz CT molecular complexity index is 5070. The molecule has 10 rings (SSSR count). The minimum absolute atomic E-state index is 0.0271. The number of aliphatic hydroxyl groups is 2. The number of imidazole rings is 2. The van der Waals surface area contributed by atoms with Crippen LogP contribution in [0.4, 0.5) is 17.6 Å². The molecule has 136 heavy (non-hydrogen) atoms. The lowest BCUT2D eigenvalue weighted by molar-refractivity contribution is -0.134. The van der Waals surface area contributed by atoms with Crippen molar-refractivity contribution in [2.24, 2.45) is 11.8 Å². The topological polar surface area (TPSA) is 468 Å². The third-order valence-electron chi connectivity index (χ3n) is 21.1. The van der Waals surface area contributed by atoms with Crippen molar-refractivity contribution in [2.45, 2.75) is 355 Å². The largest absolute Gasteiger partial charge is 0.482 e. The van der Waals surface area contributed by atoms with Gasteiger partial charge in [0.05, 0.1) is 73.6 Å². The summed E-state index contributed by atoms with van der Waals surface area (Å²) in [6, 6.07) is 15.9. The summed E-state index contributed by atoms with van der Waals surface area (Å²) in [6.45, 7) is 63.7. The van der Waals surface area contributed by atoms with Gasteiger partial charge in [0.15, 0.2) is 36.6 Å². The number of hydrogen-bond donors (Lipinski definition) is 8. The van der Waals surface area contributed by atoms with Crippen LogP contribution < -0.4 is 38.4 Å². The van der Waals surface area contributed by atoms with E-state index in [1.54, 1.807) is 73.5 Å². The zero-order valence-electron chi connectivity index (χ0n) is 85.1. The van der Waals surface area contributed by atoms with E-state index in [1.807, 2.05) is 90.0 Å². The molecule has 3 aliphatic rings. The number of anilines is 3. The summed E-state index contributed by atoms with van der Waals surface area (Å²) in [4.78, 5) is 149. The fourth-order valence-electron chi connectivity index (χ4n) is 14.4. The molecule has 8 N–H and O–H groups in total. The standard InChI is InChI=1S/C17H31BN3O3P.C15H15N5O.C15H32N3OP.C12H17N5O2.C9H13N3O2.C8H14BNO2.C8H12N2O2.C7H14O.C2H3BO2/c1-7-15-10-16(12-20(15)17(22)11-18)24-25(23-9-8-19-6)21(13(2)3)14(4)5;1-10(2)20-9-18-12-13(16-8-17-14(12)20)19-15(21)11-6-4-3-5-7-11;1-12(2)17(13(3)4)20(19-11-9-10-16)18(14(5)6)15(7)8;1-6(2)10(18)15-12-14-9-8(11(19)16-12)13-5-17(9)7(3)4;1-6(2)12-5-4-8(10-7(3)13)11-9(12)14;1-2-6-3-7(11)5-10(6)8(12)4-9;1-5(2)10-4-6(3)7(11)9-8(10)12;1-2-6-3-4-7(8)5-6;3-1-2(4)5/h13-16H,7-12H2,1-5H3;3-10H,1-2H3,(H,16,17,19,21);12-15H,9,11H2,1-8H3;5-7H,1-4H3,(H2,14,15,16,18,19);4-6H,1-3H3,(H,10,11,13,14);6-7,11H,2-5H2,1H3;4-5H,1-3H3,(H,9,11,12);6-8H,2-5H2,1H3;1H2,(H,4,5)/t15-,16-,25?;;;;;6-,7-;;6-,7-;/m1....1.0./s1. The first-order valence-electron chi connectivity index (χ1n) is 46.8. The van der Waals surface area contributed by atoms with E-state index in [4.69, 9.17) is 51.3 Å². The number of carbonyl (C=O) groups is 6. The van der Waals surface area contributed by atoms with Crippen molar-refractivity contribution < 1.29 is 57.7 Å². The second-order valence-electron chi connectivity index (χ2n) is 35.8. The summed E-state index contributed by atoms with van der Waals surface area (Å²) in [7, 11) is 13.2. The van der Waals surface area contributed by atoms with Crippen LogP contribution >= 0.6 is 17.0 Å². The maximum absolute atomic E-state index is 12.2. The van der Waals surface area contributed by atoms with Crippen molar-refractivity contribution in [3.05, 3.63) is 132 Å². The lowest BCUT2D eigenvalue weighted by Gasteiger charge is -2.45. The number of amides is 5. The number of likely N-dealkylation sites (tertiary alicyclic amines) is 2. The van der Waals surface area contributed by atoms with Crippen molar-refractivity contribution >= 4 is 116 Å². The highest BCUT2D eigenvalue weighted by Gasteiger charge is 2.40. The van der Waals surface area contributed by atoms with E-state index >= 15 is 0 Å². The minimum Gasteiger partial charge on any atom is -0.482 e. The van der Waals surface area contributed by atoms with Crippen LogP contribution in [-0.4, -0.2) is 256 Å². The Balaban J connectivity index is 0.000000530. The summed E-state index contributed by atoms with van der Waals surface area (Å²) in [5, 5.41) is 42.5. The zero-order chi connectivity index (χ0) is 103. The predicted octanol–water partition coefficient (Wildman–Crippen LogP) is 14.0. The summed E-state index contributed by atoms with van der Waals surface area (Å²) in [5.74, 6) is -0.191. The van der Waals surface area contributed by atoms with Gasteiger partial charge >= 0.3 is 11.4 Å². The average Bonchev–Trinajstić information content (AvgIpc) is 1.65. The third-order valence-corrected chi connectivity index (χ3v) is 26.4. The van der Waals surface area contributed by atoms with Gasteiger partial charge in [-0.1, -0.05) is 59.2 Å². The van der Waals surface area contributed by atoms with E-state index < -0.39 is 22.9 Å². The number of aryl methyl sites for hydroxylation is 1. The first-order chi connectivity index (χ1) is 63.9. The first kappa shape index (κ1) is 122. The molecule has 7 atom stereocenters. The molecule has 1 saturated carbocycles. The lowest BCUT2D eigenvalue weighted by atomic mass is 10.0. The Hall–Kier alpha value is -9.79. The van der Waals surface area contributed by atoms with Crippen LogP contribution in [0, 0.1) is 36.7 Å². The number of aliphatic hydroxyl groups excluding tert-OH is 2. The van der Waals surface area contributed by atoms with Gasteiger partial charge in [0.25, 0.3) is 31.5 Å². The molecule has 0 bridgehead atoms. The first-order valence-corrected chi connectivity index (χ1v) is 49.1. The van der Waals surface area contributed by atoms with Gasteiger partial charge in [-0.25, -0.2) is 50.1 Å². The predicted molar refractivity (Wildman–Crippen MR) is 540 cm³/mol. The number of hydrogen-bond acceptors (Lipinski definition) is 25. The molecular weight excluding hydrogens is 1780 g/mol. The molecule has 3 fully saturated rings. The molecule has 7 aromatic rings. The van der Waals surface area contributed by atoms with E-state index in [0.717, 1.165) is 38.0 Å². The van der Waals surface area contributed by atoms with Gasteiger partial charge in [0.2, 0.25) is 36.1 Å².